The smallest absolute Gasteiger partial charge is 0.191 e. The van der Waals surface area contributed by atoms with Gasteiger partial charge in [-0.1, -0.05) is 19.1 Å². The van der Waals surface area contributed by atoms with Crippen LogP contribution in [0.4, 0.5) is 0 Å². The lowest BCUT2D eigenvalue weighted by Crippen LogP contribution is -2.38. The number of hydrogen-bond acceptors (Lipinski definition) is 4. The van der Waals surface area contributed by atoms with Gasteiger partial charge in [0.2, 0.25) is 0 Å². The first-order valence-electron chi connectivity index (χ1n) is 8.33. The number of methoxy groups -OCH3 is 1. The fraction of sp³-hybridized carbons (Fsp3) is 0.444. The number of guanidine groups is 1. The van der Waals surface area contributed by atoms with Crippen LogP contribution in [0.15, 0.2) is 34.6 Å². The summed E-state index contributed by atoms with van der Waals surface area (Å²) < 4.78 is 5.17. The number of rotatable bonds is 8. The van der Waals surface area contributed by atoms with Crippen molar-refractivity contribution >= 4 is 41.3 Å². The van der Waals surface area contributed by atoms with Gasteiger partial charge in [-0.05, 0) is 31.0 Å². The zero-order valence-electron chi connectivity index (χ0n) is 15.0. The highest BCUT2D eigenvalue weighted by Crippen LogP contribution is 2.12. The molecule has 0 unspecified atom stereocenters. The molecule has 0 aliphatic heterocycles. The molecule has 138 valence electrons. The molecule has 0 radical (unpaired) electrons. The molecule has 2 N–H and O–H groups in total. The molecule has 0 amide bonds. The van der Waals surface area contributed by atoms with Gasteiger partial charge in [-0.25, -0.2) is 9.98 Å². The van der Waals surface area contributed by atoms with E-state index in [1.807, 2.05) is 24.3 Å². The van der Waals surface area contributed by atoms with E-state index in [2.05, 4.69) is 39.8 Å². The molecule has 2 aromatic rings. The molecule has 0 bridgehead atoms. The van der Waals surface area contributed by atoms with Crippen molar-refractivity contribution in [2.45, 2.75) is 33.2 Å². The average Bonchev–Trinajstić information content (AvgIpc) is 3.08. The van der Waals surface area contributed by atoms with Gasteiger partial charge in [0.15, 0.2) is 5.96 Å². The van der Waals surface area contributed by atoms with Gasteiger partial charge in [0, 0.05) is 24.9 Å². The number of aromatic nitrogens is 1. The fourth-order valence-corrected chi connectivity index (χ4v) is 2.96. The Balaban J connectivity index is 0.00000312. The van der Waals surface area contributed by atoms with Gasteiger partial charge in [-0.15, -0.1) is 35.3 Å². The molecule has 1 heterocycles. The molecular formula is C18H27IN4OS. The Kier molecular flexibility index (Phi) is 10.5. The summed E-state index contributed by atoms with van der Waals surface area (Å²) in [5.74, 6) is 1.70. The highest BCUT2D eigenvalue weighted by atomic mass is 127. The predicted octanol–water partition coefficient (Wildman–Crippen LogP) is 3.63. The molecule has 0 aliphatic rings. The number of halogens is 1. The second-order valence-corrected chi connectivity index (χ2v) is 6.25. The first-order valence-corrected chi connectivity index (χ1v) is 9.21. The second kappa shape index (κ2) is 12.1. The third-order valence-electron chi connectivity index (χ3n) is 3.50. The lowest BCUT2D eigenvalue weighted by molar-refractivity contribution is 0.414. The van der Waals surface area contributed by atoms with Crippen molar-refractivity contribution < 1.29 is 4.74 Å². The van der Waals surface area contributed by atoms with Crippen molar-refractivity contribution in [2.24, 2.45) is 4.99 Å². The molecule has 1 aromatic heterocycles. The van der Waals surface area contributed by atoms with Gasteiger partial charge in [0.05, 0.1) is 24.4 Å². The van der Waals surface area contributed by atoms with E-state index in [9.17, 15) is 0 Å². The van der Waals surface area contributed by atoms with Gasteiger partial charge >= 0.3 is 0 Å². The molecular weight excluding hydrogens is 447 g/mol. The normalized spacial score (nSPS) is 10.9. The van der Waals surface area contributed by atoms with E-state index < -0.39 is 0 Å². The molecule has 7 heteroatoms. The highest BCUT2D eigenvalue weighted by Gasteiger charge is 2.02. The van der Waals surface area contributed by atoms with E-state index in [1.165, 1.54) is 5.01 Å². The maximum absolute atomic E-state index is 5.17. The van der Waals surface area contributed by atoms with E-state index in [4.69, 9.17) is 4.74 Å². The molecule has 25 heavy (non-hydrogen) atoms. The van der Waals surface area contributed by atoms with Crippen LogP contribution in [0.3, 0.4) is 0 Å². The van der Waals surface area contributed by atoms with Crippen molar-refractivity contribution in [1.29, 1.82) is 0 Å². The van der Waals surface area contributed by atoms with Gasteiger partial charge in [0.25, 0.3) is 0 Å². The zero-order valence-corrected chi connectivity index (χ0v) is 18.2. The number of hydrogen-bond donors (Lipinski definition) is 2. The summed E-state index contributed by atoms with van der Waals surface area (Å²) in [7, 11) is 1.67. The van der Waals surface area contributed by atoms with Crippen molar-refractivity contribution in [3.05, 3.63) is 45.9 Å². The standard InChI is InChI=1S/C18H26N4OS.HI/c1-4-17-22-15(13-24-17)10-11-20-18(19-5-2)21-12-14-6-8-16(23-3)9-7-14;/h6-9,13H,4-5,10-12H2,1-3H3,(H2,19,20,21);1H. The van der Waals surface area contributed by atoms with Crippen LogP contribution < -0.4 is 15.4 Å². The van der Waals surface area contributed by atoms with Crippen LogP contribution in [0.5, 0.6) is 5.75 Å². The Bertz CT molecular complexity index is 643. The molecule has 0 fully saturated rings. The van der Waals surface area contributed by atoms with Crippen LogP contribution in [-0.4, -0.2) is 31.1 Å². The van der Waals surface area contributed by atoms with Crippen molar-refractivity contribution in [2.75, 3.05) is 20.2 Å². The van der Waals surface area contributed by atoms with Gasteiger partial charge in [-0.2, -0.15) is 0 Å². The van der Waals surface area contributed by atoms with Gasteiger partial charge in [0.1, 0.15) is 5.75 Å². The van der Waals surface area contributed by atoms with E-state index in [0.717, 1.165) is 48.9 Å². The van der Waals surface area contributed by atoms with Crippen LogP contribution >= 0.6 is 35.3 Å². The van der Waals surface area contributed by atoms with E-state index in [0.29, 0.717) is 6.54 Å². The van der Waals surface area contributed by atoms with Crippen LogP contribution in [0.1, 0.15) is 30.1 Å². The summed E-state index contributed by atoms with van der Waals surface area (Å²) in [4.78, 5) is 9.22. The lowest BCUT2D eigenvalue weighted by Gasteiger charge is -2.10. The van der Waals surface area contributed by atoms with Gasteiger partial charge in [-0.3, -0.25) is 0 Å². The van der Waals surface area contributed by atoms with Gasteiger partial charge < -0.3 is 15.4 Å². The van der Waals surface area contributed by atoms with Crippen LogP contribution in [-0.2, 0) is 19.4 Å². The number of nitrogens with one attached hydrogen (secondary N) is 2. The fourth-order valence-electron chi connectivity index (χ4n) is 2.18. The van der Waals surface area contributed by atoms with E-state index >= 15 is 0 Å². The number of ether oxygens (including phenoxy) is 1. The highest BCUT2D eigenvalue weighted by molar-refractivity contribution is 14.0. The maximum atomic E-state index is 5.17. The third kappa shape index (κ3) is 7.60. The molecule has 0 atom stereocenters. The van der Waals surface area contributed by atoms with Crippen molar-refractivity contribution in [1.82, 2.24) is 15.6 Å². The quantitative estimate of drug-likeness (QED) is 0.349. The average molecular weight is 474 g/mol. The third-order valence-corrected chi connectivity index (χ3v) is 4.54. The topological polar surface area (TPSA) is 58.5 Å². The zero-order chi connectivity index (χ0) is 17.2. The Labute approximate surface area is 171 Å². The van der Waals surface area contributed by atoms with Crippen LogP contribution in [0.2, 0.25) is 0 Å². The van der Waals surface area contributed by atoms with Crippen molar-refractivity contribution in [3.63, 3.8) is 0 Å². The number of aliphatic imine (C=N–C) groups is 1. The Morgan fingerprint density at radius 1 is 1.20 bits per heavy atom. The SMILES string of the molecule is CCNC(=NCc1ccc(OC)cc1)NCCc1csc(CC)n1.I. The molecule has 0 saturated carbocycles. The second-order valence-electron chi connectivity index (χ2n) is 5.31. The van der Waals surface area contributed by atoms with E-state index in [1.54, 1.807) is 18.4 Å². The first kappa shape index (κ1) is 21.7. The summed E-state index contributed by atoms with van der Waals surface area (Å²) >= 11 is 1.73. The monoisotopic (exact) mass is 474 g/mol. The number of benzene rings is 1. The lowest BCUT2D eigenvalue weighted by atomic mass is 10.2. The molecule has 0 saturated heterocycles. The number of thiazole rings is 1. The van der Waals surface area contributed by atoms with Crippen LogP contribution in [0.25, 0.3) is 0 Å². The minimum Gasteiger partial charge on any atom is -0.497 e. The number of nitrogens with zero attached hydrogens (tertiary/aromatic N) is 2. The Hall–Kier alpha value is -1.35. The summed E-state index contributed by atoms with van der Waals surface area (Å²) in [5, 5.41) is 9.98. The summed E-state index contributed by atoms with van der Waals surface area (Å²) in [6.45, 7) is 6.50. The molecule has 2 rings (SSSR count). The minimum atomic E-state index is 0. The Morgan fingerprint density at radius 2 is 1.96 bits per heavy atom. The summed E-state index contributed by atoms with van der Waals surface area (Å²) in [6.07, 6.45) is 1.91. The van der Waals surface area contributed by atoms with Crippen molar-refractivity contribution in [3.8, 4) is 5.75 Å². The maximum Gasteiger partial charge on any atom is 0.191 e. The summed E-state index contributed by atoms with van der Waals surface area (Å²) in [5.41, 5.74) is 2.30. The van der Waals surface area contributed by atoms with Crippen LogP contribution in [0, 0.1) is 0 Å². The molecule has 0 aliphatic carbocycles. The first-order chi connectivity index (χ1) is 11.7. The Morgan fingerprint density at radius 3 is 2.56 bits per heavy atom. The minimum absolute atomic E-state index is 0. The molecule has 1 aromatic carbocycles. The largest absolute Gasteiger partial charge is 0.497 e. The predicted molar refractivity (Wildman–Crippen MR) is 116 cm³/mol. The summed E-state index contributed by atoms with van der Waals surface area (Å²) in [6, 6.07) is 7.98. The van der Waals surface area contributed by atoms with E-state index in [-0.39, 0.29) is 24.0 Å². The number of aryl methyl sites for hydroxylation is 1. The molecule has 0 spiro atoms. The molecule has 5 nitrogen and oxygen atoms in total.